The molecule has 70 valence electrons. The van der Waals surface area contributed by atoms with Gasteiger partial charge in [-0.3, -0.25) is 4.79 Å². The summed E-state index contributed by atoms with van der Waals surface area (Å²) in [4.78, 5) is 11.3. The van der Waals surface area contributed by atoms with E-state index in [4.69, 9.17) is 0 Å². The third kappa shape index (κ3) is 1.69. The first-order valence-electron chi connectivity index (χ1n) is 4.68. The molecule has 0 amide bonds. The van der Waals surface area contributed by atoms with Crippen molar-refractivity contribution < 1.29 is 9.90 Å². The van der Waals surface area contributed by atoms with Gasteiger partial charge in [-0.05, 0) is 32.6 Å². The van der Waals surface area contributed by atoms with Crippen LogP contribution < -0.4 is 0 Å². The maximum absolute atomic E-state index is 11.3. The average molecular weight is 170 g/mol. The first-order valence-corrected chi connectivity index (χ1v) is 4.68. The van der Waals surface area contributed by atoms with E-state index in [1.54, 1.807) is 13.8 Å². The zero-order valence-electron chi connectivity index (χ0n) is 8.13. The van der Waals surface area contributed by atoms with Crippen LogP contribution in [0.3, 0.4) is 0 Å². The summed E-state index contributed by atoms with van der Waals surface area (Å²) in [6, 6.07) is 0. The predicted octanol–water partition coefficient (Wildman–Crippen LogP) is 1.76. The number of aliphatic hydroxyl groups is 1. The molecule has 1 fully saturated rings. The molecule has 1 N–H and O–H groups in total. The van der Waals surface area contributed by atoms with Crippen LogP contribution in [0.2, 0.25) is 0 Å². The molecule has 0 aromatic heterocycles. The fourth-order valence-corrected chi connectivity index (χ4v) is 2.56. The number of Topliss-reactive ketones (excluding diaryl/α,β-unsaturated/α-hetero) is 1. The van der Waals surface area contributed by atoms with E-state index in [2.05, 4.69) is 6.92 Å². The van der Waals surface area contributed by atoms with E-state index in [1.165, 1.54) is 0 Å². The molecule has 0 heterocycles. The number of carbonyl (C=O) groups excluding carboxylic acids is 1. The summed E-state index contributed by atoms with van der Waals surface area (Å²) in [6.07, 6.45) is 2.87. The summed E-state index contributed by atoms with van der Waals surface area (Å²) in [5.41, 5.74) is -0.760. The van der Waals surface area contributed by atoms with Crippen LogP contribution in [0.15, 0.2) is 0 Å². The van der Waals surface area contributed by atoms with Gasteiger partial charge in [0.15, 0.2) is 0 Å². The number of rotatable bonds is 1. The van der Waals surface area contributed by atoms with Gasteiger partial charge in [-0.1, -0.05) is 13.3 Å². The van der Waals surface area contributed by atoms with Crippen molar-refractivity contribution in [2.45, 2.75) is 45.6 Å². The Morgan fingerprint density at radius 3 is 2.50 bits per heavy atom. The minimum absolute atomic E-state index is 0.132. The van der Waals surface area contributed by atoms with E-state index in [0.29, 0.717) is 5.92 Å². The van der Waals surface area contributed by atoms with Crippen molar-refractivity contribution in [1.29, 1.82) is 0 Å². The molecular formula is C10H18O2. The Morgan fingerprint density at radius 1 is 1.58 bits per heavy atom. The van der Waals surface area contributed by atoms with Crippen LogP contribution in [0.4, 0.5) is 0 Å². The second-order valence-electron chi connectivity index (χ2n) is 4.32. The smallest absolute Gasteiger partial charge is 0.136 e. The molecule has 0 aromatic rings. The molecular weight excluding hydrogens is 152 g/mol. The molecule has 0 aliphatic heterocycles. The van der Waals surface area contributed by atoms with Gasteiger partial charge in [0.25, 0.3) is 0 Å². The summed E-state index contributed by atoms with van der Waals surface area (Å²) < 4.78 is 0. The van der Waals surface area contributed by atoms with Crippen LogP contribution in [-0.2, 0) is 4.79 Å². The normalized spacial score (nSPS) is 42.7. The summed E-state index contributed by atoms with van der Waals surface area (Å²) in [5, 5.41) is 9.95. The van der Waals surface area contributed by atoms with Crippen molar-refractivity contribution in [2.24, 2.45) is 11.8 Å². The Kier molecular flexibility index (Phi) is 2.57. The third-order valence-corrected chi connectivity index (χ3v) is 3.02. The molecule has 0 unspecified atom stereocenters. The van der Waals surface area contributed by atoms with Gasteiger partial charge in [0.05, 0.1) is 5.60 Å². The van der Waals surface area contributed by atoms with Gasteiger partial charge in [-0.15, -0.1) is 0 Å². The zero-order chi connectivity index (χ0) is 9.35. The van der Waals surface area contributed by atoms with Crippen LogP contribution in [0.25, 0.3) is 0 Å². The third-order valence-electron chi connectivity index (χ3n) is 3.02. The molecule has 1 aliphatic carbocycles. The highest BCUT2D eigenvalue weighted by atomic mass is 16.3. The van der Waals surface area contributed by atoms with E-state index >= 15 is 0 Å². The predicted molar refractivity (Wildman–Crippen MR) is 47.8 cm³/mol. The highest BCUT2D eigenvalue weighted by Gasteiger charge is 2.41. The number of hydrogen-bond donors (Lipinski definition) is 1. The van der Waals surface area contributed by atoms with Crippen molar-refractivity contribution in [3.05, 3.63) is 0 Å². The summed E-state index contributed by atoms with van der Waals surface area (Å²) in [6.45, 7) is 5.43. The fourth-order valence-electron chi connectivity index (χ4n) is 2.56. The Bertz CT molecular complexity index is 184. The molecule has 1 aliphatic rings. The SMILES string of the molecule is CC(=O)[C@H]1[C@@H](C)CCC[C@]1(C)O. The molecule has 0 aromatic carbocycles. The summed E-state index contributed by atoms with van der Waals surface area (Å²) in [7, 11) is 0. The maximum atomic E-state index is 11.3. The van der Waals surface area contributed by atoms with E-state index < -0.39 is 5.60 Å². The number of hydrogen-bond acceptors (Lipinski definition) is 2. The fraction of sp³-hybridized carbons (Fsp3) is 0.900. The first kappa shape index (κ1) is 9.72. The van der Waals surface area contributed by atoms with E-state index in [9.17, 15) is 9.90 Å². The molecule has 2 nitrogen and oxygen atoms in total. The Labute approximate surface area is 74.0 Å². The van der Waals surface area contributed by atoms with E-state index in [-0.39, 0.29) is 11.7 Å². The van der Waals surface area contributed by atoms with Crippen LogP contribution >= 0.6 is 0 Å². The lowest BCUT2D eigenvalue weighted by molar-refractivity contribution is -0.136. The second kappa shape index (κ2) is 3.17. The van der Waals surface area contributed by atoms with Crippen molar-refractivity contribution in [1.82, 2.24) is 0 Å². The Morgan fingerprint density at radius 2 is 2.17 bits per heavy atom. The van der Waals surface area contributed by atoms with Crippen LogP contribution in [-0.4, -0.2) is 16.5 Å². The number of ketones is 1. The molecule has 12 heavy (non-hydrogen) atoms. The van der Waals surface area contributed by atoms with E-state index in [0.717, 1.165) is 19.3 Å². The minimum atomic E-state index is -0.760. The molecule has 0 saturated heterocycles. The quantitative estimate of drug-likeness (QED) is 0.651. The van der Waals surface area contributed by atoms with Crippen molar-refractivity contribution in [3.63, 3.8) is 0 Å². The Hall–Kier alpha value is -0.370. The van der Waals surface area contributed by atoms with Crippen LogP contribution in [0, 0.1) is 11.8 Å². The lowest BCUT2D eigenvalue weighted by atomic mass is 9.69. The molecule has 3 atom stereocenters. The molecule has 0 bridgehead atoms. The standard InChI is InChI=1S/C10H18O2/c1-7-5-4-6-10(3,12)9(7)8(2)11/h7,9,12H,4-6H2,1-3H3/t7-,9+,10-/m0/s1. The van der Waals surface area contributed by atoms with Crippen LogP contribution in [0.1, 0.15) is 40.0 Å². The average Bonchev–Trinajstić information content (AvgIpc) is 1.82. The first-order chi connectivity index (χ1) is 5.45. The monoisotopic (exact) mass is 170 g/mol. The van der Waals surface area contributed by atoms with Gasteiger partial charge in [0, 0.05) is 5.92 Å². The minimum Gasteiger partial charge on any atom is -0.389 e. The highest BCUT2D eigenvalue weighted by molar-refractivity contribution is 5.79. The molecule has 1 saturated carbocycles. The van der Waals surface area contributed by atoms with Gasteiger partial charge in [0.1, 0.15) is 5.78 Å². The second-order valence-corrected chi connectivity index (χ2v) is 4.32. The van der Waals surface area contributed by atoms with Gasteiger partial charge >= 0.3 is 0 Å². The van der Waals surface area contributed by atoms with Gasteiger partial charge in [-0.25, -0.2) is 0 Å². The van der Waals surface area contributed by atoms with E-state index in [1.807, 2.05) is 0 Å². The molecule has 0 radical (unpaired) electrons. The lowest BCUT2D eigenvalue weighted by Crippen LogP contribution is -2.45. The summed E-state index contributed by atoms with van der Waals surface area (Å²) >= 11 is 0. The lowest BCUT2D eigenvalue weighted by Gasteiger charge is -2.39. The topological polar surface area (TPSA) is 37.3 Å². The Balaban J connectivity index is 2.81. The number of carbonyl (C=O) groups is 1. The van der Waals surface area contributed by atoms with Gasteiger partial charge in [-0.2, -0.15) is 0 Å². The van der Waals surface area contributed by atoms with Crippen molar-refractivity contribution in [2.75, 3.05) is 0 Å². The van der Waals surface area contributed by atoms with Crippen molar-refractivity contribution in [3.8, 4) is 0 Å². The molecule has 2 heteroatoms. The molecule has 0 spiro atoms. The maximum Gasteiger partial charge on any atom is 0.136 e. The van der Waals surface area contributed by atoms with Gasteiger partial charge < -0.3 is 5.11 Å². The largest absolute Gasteiger partial charge is 0.389 e. The van der Waals surface area contributed by atoms with Crippen molar-refractivity contribution >= 4 is 5.78 Å². The molecule has 1 rings (SSSR count). The van der Waals surface area contributed by atoms with Gasteiger partial charge in [0.2, 0.25) is 0 Å². The van der Waals surface area contributed by atoms with Crippen LogP contribution in [0.5, 0.6) is 0 Å². The zero-order valence-corrected chi connectivity index (χ0v) is 8.13. The highest BCUT2D eigenvalue weighted by Crippen LogP contribution is 2.37. The summed E-state index contributed by atoms with van der Waals surface area (Å²) in [5.74, 6) is 0.324.